The number of halogens is 2. The number of anilines is 2. The molecular weight excluding hydrogens is 417 g/mol. The van der Waals surface area contributed by atoms with Crippen molar-refractivity contribution in [2.45, 2.75) is 38.8 Å². The van der Waals surface area contributed by atoms with Gasteiger partial charge in [-0.3, -0.25) is 0 Å². The van der Waals surface area contributed by atoms with Crippen molar-refractivity contribution in [3.8, 4) is 11.3 Å². The van der Waals surface area contributed by atoms with Crippen LogP contribution in [0.25, 0.3) is 22.3 Å². The zero-order valence-electron chi connectivity index (χ0n) is 17.9. The molecule has 0 saturated carbocycles. The largest absolute Gasteiger partial charge is 0.351 e. The lowest BCUT2D eigenvalue weighted by molar-refractivity contribution is 0.229. The number of benzene rings is 1. The van der Waals surface area contributed by atoms with Crippen LogP contribution in [-0.4, -0.2) is 63.7 Å². The van der Waals surface area contributed by atoms with Crippen LogP contribution < -0.4 is 10.2 Å². The van der Waals surface area contributed by atoms with E-state index in [1.807, 2.05) is 13.1 Å². The van der Waals surface area contributed by atoms with Crippen LogP contribution in [0.5, 0.6) is 0 Å². The summed E-state index contributed by atoms with van der Waals surface area (Å²) in [6, 6.07) is 3.73. The second kappa shape index (κ2) is 8.24. The van der Waals surface area contributed by atoms with Gasteiger partial charge in [0.1, 0.15) is 5.52 Å². The predicted molar refractivity (Wildman–Crippen MR) is 122 cm³/mol. The van der Waals surface area contributed by atoms with Gasteiger partial charge in [0.2, 0.25) is 11.9 Å². The van der Waals surface area contributed by atoms with Gasteiger partial charge in [0.25, 0.3) is 0 Å². The number of fused-ring (bicyclic) bond motifs is 3. The maximum Gasteiger partial charge on any atom is 0.223 e. The molecule has 1 N–H and O–H groups in total. The molecule has 0 radical (unpaired) electrons. The highest BCUT2D eigenvalue weighted by atomic mass is 35.5. The number of hydrogen-bond acceptors (Lipinski definition) is 6. The molecule has 0 amide bonds. The van der Waals surface area contributed by atoms with E-state index in [0.29, 0.717) is 33.8 Å². The van der Waals surface area contributed by atoms with Crippen LogP contribution in [0.15, 0.2) is 18.3 Å². The van der Waals surface area contributed by atoms with Crippen molar-refractivity contribution in [3.05, 3.63) is 29.2 Å². The van der Waals surface area contributed by atoms with Gasteiger partial charge in [-0.2, -0.15) is 0 Å². The Hall–Kier alpha value is -2.45. The van der Waals surface area contributed by atoms with Crippen LogP contribution in [0.3, 0.4) is 0 Å². The molecule has 0 unspecified atom stereocenters. The van der Waals surface area contributed by atoms with Crippen molar-refractivity contribution in [2.75, 3.05) is 43.4 Å². The molecule has 31 heavy (non-hydrogen) atoms. The highest BCUT2D eigenvalue weighted by molar-refractivity contribution is 6.33. The minimum Gasteiger partial charge on any atom is -0.351 e. The summed E-state index contributed by atoms with van der Waals surface area (Å²) in [6.45, 7) is 7.14. The minimum atomic E-state index is -0.362. The lowest BCUT2D eigenvalue weighted by Gasteiger charge is -2.31. The Labute approximate surface area is 186 Å². The summed E-state index contributed by atoms with van der Waals surface area (Å²) in [4.78, 5) is 18.1. The van der Waals surface area contributed by atoms with E-state index in [1.54, 1.807) is 6.20 Å². The molecule has 7 nitrogen and oxygen atoms in total. The third-order valence-electron chi connectivity index (χ3n) is 6.39. The topological polar surface area (TPSA) is 62.1 Å². The molecule has 0 atom stereocenters. The Balaban J connectivity index is 1.48. The number of rotatable bonds is 4. The van der Waals surface area contributed by atoms with E-state index in [0.717, 1.165) is 63.5 Å². The number of aromatic nitrogens is 4. The Kier molecular flexibility index (Phi) is 5.44. The molecular formula is C22H27ClFN7. The van der Waals surface area contributed by atoms with Crippen molar-refractivity contribution in [3.63, 3.8) is 0 Å². The number of hydrogen-bond donors (Lipinski definition) is 1. The van der Waals surface area contributed by atoms with Crippen molar-refractivity contribution in [2.24, 2.45) is 0 Å². The SMILES string of the molecule is CCN1CCC(Nc2ncc(Cl)c(-c3cc(F)c4nc5n(c4c3)CCCN5C)n2)CC1. The van der Waals surface area contributed by atoms with Crippen LogP contribution in [0, 0.1) is 5.82 Å². The van der Waals surface area contributed by atoms with Crippen molar-refractivity contribution >= 4 is 34.5 Å². The molecule has 4 heterocycles. The maximum atomic E-state index is 15.0. The van der Waals surface area contributed by atoms with Crippen LogP contribution in [0.2, 0.25) is 5.02 Å². The number of likely N-dealkylation sites (tertiary alicyclic amines) is 1. The summed E-state index contributed by atoms with van der Waals surface area (Å²) in [7, 11) is 1.99. The van der Waals surface area contributed by atoms with Gasteiger partial charge >= 0.3 is 0 Å². The summed E-state index contributed by atoms with van der Waals surface area (Å²) in [5.41, 5.74) is 2.33. The number of aryl methyl sites for hydroxylation is 1. The second-order valence-corrected chi connectivity index (χ2v) is 8.81. The molecule has 1 aromatic carbocycles. The molecule has 2 aliphatic rings. The maximum absolute atomic E-state index is 15.0. The quantitative estimate of drug-likeness (QED) is 0.657. The summed E-state index contributed by atoms with van der Waals surface area (Å²) < 4.78 is 17.1. The fourth-order valence-corrected chi connectivity index (χ4v) is 4.80. The van der Waals surface area contributed by atoms with Gasteiger partial charge in [0.15, 0.2) is 5.82 Å². The van der Waals surface area contributed by atoms with Gasteiger partial charge in [-0.15, -0.1) is 0 Å². The molecule has 9 heteroatoms. The molecule has 164 valence electrons. The van der Waals surface area contributed by atoms with Gasteiger partial charge in [0, 0.05) is 44.8 Å². The van der Waals surface area contributed by atoms with E-state index in [2.05, 4.69) is 41.6 Å². The average molecular weight is 444 g/mol. The lowest BCUT2D eigenvalue weighted by atomic mass is 10.1. The van der Waals surface area contributed by atoms with Crippen LogP contribution in [0.4, 0.5) is 16.3 Å². The van der Waals surface area contributed by atoms with Crippen molar-refractivity contribution < 1.29 is 4.39 Å². The molecule has 2 aliphatic heterocycles. The normalized spacial score (nSPS) is 17.9. The third-order valence-corrected chi connectivity index (χ3v) is 6.67. The van der Waals surface area contributed by atoms with Crippen molar-refractivity contribution in [1.29, 1.82) is 0 Å². The zero-order valence-corrected chi connectivity index (χ0v) is 18.7. The van der Waals surface area contributed by atoms with E-state index in [-0.39, 0.29) is 5.82 Å². The van der Waals surface area contributed by atoms with Crippen LogP contribution in [-0.2, 0) is 6.54 Å². The van der Waals surface area contributed by atoms with E-state index in [9.17, 15) is 0 Å². The van der Waals surface area contributed by atoms with Crippen molar-refractivity contribution in [1.82, 2.24) is 24.4 Å². The van der Waals surface area contributed by atoms with E-state index >= 15 is 4.39 Å². The first-order valence-electron chi connectivity index (χ1n) is 11.0. The highest BCUT2D eigenvalue weighted by Gasteiger charge is 2.23. The standard InChI is InChI=1S/C22H27ClFN7/c1-3-30-9-5-15(6-10-30)26-21-25-13-16(23)19(27-21)14-11-17(24)20-18(12-14)31-8-4-7-29(2)22(31)28-20/h11-13,15H,3-10H2,1-2H3,(H,25,26,27). The first kappa shape index (κ1) is 20.5. The van der Waals surface area contributed by atoms with Gasteiger partial charge in [0.05, 0.1) is 22.4 Å². The summed E-state index contributed by atoms with van der Waals surface area (Å²) in [5, 5.41) is 3.84. The first-order chi connectivity index (χ1) is 15.0. The summed E-state index contributed by atoms with van der Waals surface area (Å²) in [6.07, 6.45) is 4.69. The fourth-order valence-electron chi connectivity index (χ4n) is 4.60. The molecule has 1 fully saturated rings. The monoisotopic (exact) mass is 443 g/mol. The number of nitrogens with zero attached hydrogens (tertiary/aromatic N) is 6. The fraction of sp³-hybridized carbons (Fsp3) is 0.500. The predicted octanol–water partition coefficient (Wildman–Crippen LogP) is 4.02. The van der Waals surface area contributed by atoms with Gasteiger partial charge in [-0.05, 0) is 37.9 Å². The summed E-state index contributed by atoms with van der Waals surface area (Å²) >= 11 is 6.44. The van der Waals surface area contributed by atoms with Gasteiger partial charge in [-0.1, -0.05) is 18.5 Å². The van der Waals surface area contributed by atoms with Gasteiger partial charge in [-0.25, -0.2) is 19.3 Å². The Morgan fingerprint density at radius 2 is 1.97 bits per heavy atom. The Bertz CT molecular complexity index is 1110. The zero-order chi connectivity index (χ0) is 21.5. The number of piperidine rings is 1. The third kappa shape index (κ3) is 3.83. The van der Waals surface area contributed by atoms with E-state index < -0.39 is 0 Å². The average Bonchev–Trinajstić information content (AvgIpc) is 3.16. The molecule has 1 saturated heterocycles. The molecule has 5 rings (SSSR count). The minimum absolute atomic E-state index is 0.327. The van der Waals surface area contributed by atoms with Crippen LogP contribution >= 0.6 is 11.6 Å². The first-order valence-corrected chi connectivity index (χ1v) is 11.3. The van der Waals surface area contributed by atoms with Crippen LogP contribution in [0.1, 0.15) is 26.2 Å². The molecule has 2 aromatic heterocycles. The Morgan fingerprint density at radius 1 is 1.16 bits per heavy atom. The molecule has 0 aliphatic carbocycles. The molecule has 0 spiro atoms. The lowest BCUT2D eigenvalue weighted by Crippen LogP contribution is -2.39. The number of imidazole rings is 1. The molecule has 3 aromatic rings. The van der Waals surface area contributed by atoms with E-state index in [1.165, 1.54) is 6.07 Å². The smallest absolute Gasteiger partial charge is 0.223 e. The number of nitrogens with one attached hydrogen (secondary N) is 1. The van der Waals surface area contributed by atoms with Gasteiger partial charge < -0.3 is 19.7 Å². The summed E-state index contributed by atoms with van der Waals surface area (Å²) in [5.74, 6) is 0.968. The molecule has 0 bridgehead atoms. The highest BCUT2D eigenvalue weighted by Crippen LogP contribution is 2.34. The Morgan fingerprint density at radius 3 is 2.74 bits per heavy atom. The van der Waals surface area contributed by atoms with E-state index in [4.69, 9.17) is 11.6 Å². The second-order valence-electron chi connectivity index (χ2n) is 8.41.